The molecule has 6 nitrogen and oxygen atoms in total. The van der Waals surface area contributed by atoms with Crippen molar-refractivity contribution in [1.82, 2.24) is 9.97 Å². The van der Waals surface area contributed by atoms with Crippen molar-refractivity contribution in [3.63, 3.8) is 0 Å². The number of methoxy groups -OCH3 is 1. The zero-order valence-corrected chi connectivity index (χ0v) is 10.3. The highest BCUT2D eigenvalue weighted by Crippen LogP contribution is 2.16. The van der Waals surface area contributed by atoms with Gasteiger partial charge in [-0.25, -0.2) is 9.97 Å². The Kier molecular flexibility index (Phi) is 4.68. The number of carbonyl (C=O) groups is 1. The highest BCUT2D eigenvalue weighted by molar-refractivity contribution is 5.70. The third-order valence-electron chi connectivity index (χ3n) is 2.46. The summed E-state index contributed by atoms with van der Waals surface area (Å²) in [6, 6.07) is 1.69. The first kappa shape index (κ1) is 13.2. The molecule has 94 valence electrons. The van der Waals surface area contributed by atoms with E-state index in [1.54, 1.807) is 13.0 Å². The number of aliphatic carboxylic acids is 1. The highest BCUT2D eigenvalue weighted by Gasteiger charge is 2.16. The van der Waals surface area contributed by atoms with E-state index in [9.17, 15) is 4.79 Å². The van der Waals surface area contributed by atoms with Crippen LogP contribution >= 0.6 is 0 Å². The molecule has 0 radical (unpaired) electrons. The summed E-state index contributed by atoms with van der Waals surface area (Å²) in [7, 11) is 1.53. The molecule has 1 aromatic rings. The fraction of sp³-hybridized carbons (Fsp3) is 0.545. The molecule has 0 aliphatic rings. The summed E-state index contributed by atoms with van der Waals surface area (Å²) in [6.07, 6.45) is 1.41. The van der Waals surface area contributed by atoms with Crippen LogP contribution in [0.3, 0.4) is 0 Å². The molecule has 0 spiro atoms. The first-order chi connectivity index (χ1) is 8.08. The minimum atomic E-state index is -0.815. The van der Waals surface area contributed by atoms with Crippen molar-refractivity contribution in [2.24, 2.45) is 5.92 Å². The van der Waals surface area contributed by atoms with Gasteiger partial charge in [-0.05, 0) is 6.92 Å². The largest absolute Gasteiger partial charge is 0.481 e. The quantitative estimate of drug-likeness (QED) is 0.799. The van der Waals surface area contributed by atoms with Gasteiger partial charge in [0, 0.05) is 19.2 Å². The van der Waals surface area contributed by atoms with Crippen molar-refractivity contribution in [2.75, 3.05) is 25.1 Å². The van der Waals surface area contributed by atoms with E-state index in [4.69, 9.17) is 9.84 Å². The molecule has 1 heterocycles. The van der Waals surface area contributed by atoms with E-state index >= 15 is 0 Å². The van der Waals surface area contributed by atoms with E-state index < -0.39 is 11.9 Å². The third kappa shape index (κ3) is 3.58. The number of anilines is 1. The summed E-state index contributed by atoms with van der Waals surface area (Å²) >= 11 is 0. The van der Waals surface area contributed by atoms with Crippen LogP contribution in [0.15, 0.2) is 12.4 Å². The maximum Gasteiger partial charge on any atom is 0.308 e. The summed E-state index contributed by atoms with van der Waals surface area (Å²) in [5, 5.41) is 8.89. The summed E-state index contributed by atoms with van der Waals surface area (Å²) < 4.78 is 5.01. The predicted octanol–water partition coefficient (Wildman–Crippen LogP) is 1.03. The minimum Gasteiger partial charge on any atom is -0.481 e. The average molecular weight is 239 g/mol. The smallest absolute Gasteiger partial charge is 0.308 e. The maximum atomic E-state index is 10.8. The van der Waals surface area contributed by atoms with Crippen LogP contribution in [-0.4, -0.2) is 41.2 Å². The number of aromatic nitrogens is 2. The normalized spacial score (nSPS) is 11.9. The zero-order chi connectivity index (χ0) is 12.8. The van der Waals surface area contributed by atoms with Crippen molar-refractivity contribution in [3.8, 4) is 5.88 Å². The van der Waals surface area contributed by atoms with Gasteiger partial charge in [0.2, 0.25) is 5.88 Å². The van der Waals surface area contributed by atoms with E-state index in [0.29, 0.717) is 24.8 Å². The third-order valence-corrected chi connectivity index (χ3v) is 2.46. The fourth-order valence-electron chi connectivity index (χ4n) is 1.41. The number of carboxylic acid groups (broad SMARTS) is 1. The van der Waals surface area contributed by atoms with Gasteiger partial charge in [0.25, 0.3) is 0 Å². The molecule has 6 heteroatoms. The number of carboxylic acids is 1. The van der Waals surface area contributed by atoms with Crippen LogP contribution in [0.1, 0.15) is 13.8 Å². The molecule has 0 aliphatic heterocycles. The summed E-state index contributed by atoms with van der Waals surface area (Å²) in [5.41, 5.74) is 0. The Morgan fingerprint density at radius 2 is 2.29 bits per heavy atom. The second kappa shape index (κ2) is 6.03. The van der Waals surface area contributed by atoms with E-state index in [1.165, 1.54) is 13.4 Å². The predicted molar refractivity (Wildman–Crippen MR) is 63.3 cm³/mol. The molecule has 0 saturated heterocycles. The van der Waals surface area contributed by atoms with Crippen LogP contribution in [0.2, 0.25) is 0 Å². The monoisotopic (exact) mass is 239 g/mol. The fourth-order valence-corrected chi connectivity index (χ4v) is 1.41. The molecule has 0 amide bonds. The van der Waals surface area contributed by atoms with Crippen molar-refractivity contribution in [2.45, 2.75) is 13.8 Å². The number of hydrogen-bond acceptors (Lipinski definition) is 5. The maximum absolute atomic E-state index is 10.8. The second-order valence-electron chi connectivity index (χ2n) is 3.70. The second-order valence-corrected chi connectivity index (χ2v) is 3.70. The molecule has 1 atom stereocenters. The SMILES string of the molecule is CCN(CC(C)C(=O)O)c1cc(OC)ncn1. The van der Waals surface area contributed by atoms with Gasteiger partial charge < -0.3 is 14.7 Å². The van der Waals surface area contributed by atoms with E-state index in [2.05, 4.69) is 9.97 Å². The van der Waals surface area contributed by atoms with Gasteiger partial charge in [-0.1, -0.05) is 6.92 Å². The van der Waals surface area contributed by atoms with E-state index in [1.807, 2.05) is 11.8 Å². The lowest BCUT2D eigenvalue weighted by atomic mass is 10.1. The molecular weight excluding hydrogens is 222 g/mol. The molecule has 0 saturated carbocycles. The molecule has 1 rings (SSSR count). The summed E-state index contributed by atoms with van der Waals surface area (Å²) in [4.78, 5) is 20.7. The van der Waals surface area contributed by atoms with E-state index in [0.717, 1.165) is 0 Å². The lowest BCUT2D eigenvalue weighted by Gasteiger charge is -2.23. The lowest BCUT2D eigenvalue weighted by molar-refractivity contribution is -0.140. The molecule has 0 aliphatic carbocycles. The Hall–Kier alpha value is -1.85. The summed E-state index contributed by atoms with van der Waals surface area (Å²) in [6.45, 7) is 4.70. The first-order valence-electron chi connectivity index (χ1n) is 5.42. The standard InChI is InChI=1S/C11H17N3O3/c1-4-14(6-8(2)11(15)16)9-5-10(17-3)13-7-12-9/h5,7-8H,4,6H2,1-3H3,(H,15,16). The van der Waals surface area contributed by atoms with Gasteiger partial charge in [0.05, 0.1) is 13.0 Å². The molecule has 0 aromatic carbocycles. The van der Waals surface area contributed by atoms with E-state index in [-0.39, 0.29) is 0 Å². The Morgan fingerprint density at radius 3 is 2.82 bits per heavy atom. The molecule has 1 N–H and O–H groups in total. The lowest BCUT2D eigenvalue weighted by Crippen LogP contribution is -2.32. The average Bonchev–Trinajstić information content (AvgIpc) is 2.35. The Balaban J connectivity index is 2.82. The molecule has 1 aromatic heterocycles. The molecular formula is C11H17N3O3. The molecule has 0 bridgehead atoms. The van der Waals surface area contributed by atoms with Gasteiger partial charge >= 0.3 is 5.97 Å². The van der Waals surface area contributed by atoms with Crippen molar-refractivity contribution >= 4 is 11.8 Å². The molecule has 1 unspecified atom stereocenters. The Bertz CT molecular complexity index is 384. The number of ether oxygens (including phenoxy) is 1. The Morgan fingerprint density at radius 1 is 1.59 bits per heavy atom. The van der Waals surface area contributed by atoms with Crippen LogP contribution in [0, 0.1) is 5.92 Å². The van der Waals surface area contributed by atoms with Crippen LogP contribution in [0.4, 0.5) is 5.82 Å². The van der Waals surface area contributed by atoms with Gasteiger partial charge in [-0.2, -0.15) is 0 Å². The number of rotatable bonds is 6. The molecule has 0 fully saturated rings. The Labute approximate surface area is 100 Å². The topological polar surface area (TPSA) is 75.6 Å². The van der Waals surface area contributed by atoms with Crippen molar-refractivity contribution in [1.29, 1.82) is 0 Å². The number of hydrogen-bond donors (Lipinski definition) is 1. The van der Waals surface area contributed by atoms with Gasteiger partial charge in [-0.3, -0.25) is 4.79 Å². The minimum absolute atomic E-state index is 0.409. The zero-order valence-electron chi connectivity index (χ0n) is 10.3. The van der Waals surface area contributed by atoms with Gasteiger partial charge in [-0.15, -0.1) is 0 Å². The number of nitrogens with zero attached hydrogens (tertiary/aromatic N) is 3. The first-order valence-corrected chi connectivity index (χ1v) is 5.42. The van der Waals surface area contributed by atoms with Crippen molar-refractivity contribution in [3.05, 3.63) is 12.4 Å². The van der Waals surface area contributed by atoms with Crippen LogP contribution < -0.4 is 9.64 Å². The van der Waals surface area contributed by atoms with Crippen molar-refractivity contribution < 1.29 is 14.6 Å². The van der Waals surface area contributed by atoms with Gasteiger partial charge in [0.15, 0.2) is 0 Å². The molecule has 17 heavy (non-hydrogen) atoms. The van der Waals surface area contributed by atoms with Crippen LogP contribution in [0.25, 0.3) is 0 Å². The summed E-state index contributed by atoms with van der Waals surface area (Å²) in [5.74, 6) is -0.121. The highest BCUT2D eigenvalue weighted by atomic mass is 16.5. The van der Waals surface area contributed by atoms with Crippen LogP contribution in [-0.2, 0) is 4.79 Å². The van der Waals surface area contributed by atoms with Gasteiger partial charge in [0.1, 0.15) is 12.1 Å². The van der Waals surface area contributed by atoms with Crippen LogP contribution in [0.5, 0.6) is 5.88 Å².